The van der Waals surface area contributed by atoms with Gasteiger partial charge in [0.1, 0.15) is 11.5 Å². The van der Waals surface area contributed by atoms with Crippen molar-refractivity contribution in [2.24, 2.45) is 7.05 Å². The second-order valence-electron chi connectivity index (χ2n) is 10.5. The number of ether oxygens (including phenoxy) is 2. The van der Waals surface area contributed by atoms with E-state index in [2.05, 4.69) is 15.0 Å². The maximum Gasteiger partial charge on any atom is 0.511 e. The van der Waals surface area contributed by atoms with E-state index < -0.39 is 15.5 Å². The quantitative estimate of drug-likeness (QED) is 0.241. The van der Waals surface area contributed by atoms with Crippen molar-refractivity contribution < 1.29 is 31.1 Å². The third-order valence-corrected chi connectivity index (χ3v) is 8.78. The monoisotopic (exact) mass is 633 g/mol. The largest absolute Gasteiger partial charge is 0.511 e. The lowest BCUT2D eigenvalue weighted by atomic mass is 10.1. The zero-order chi connectivity index (χ0) is 31.5. The van der Waals surface area contributed by atoms with Crippen LogP contribution in [0.2, 0.25) is 0 Å². The number of hydrogen-bond donors (Lipinski definition) is 1. The highest BCUT2D eigenvalue weighted by molar-refractivity contribution is 7.90. The van der Waals surface area contributed by atoms with Gasteiger partial charge in [0.2, 0.25) is 0 Å². The van der Waals surface area contributed by atoms with Crippen LogP contribution in [0.15, 0.2) is 55.0 Å². The molecule has 0 amide bonds. The van der Waals surface area contributed by atoms with Crippen LogP contribution in [0.1, 0.15) is 19.3 Å². The lowest BCUT2D eigenvalue weighted by Crippen LogP contribution is -2.44. The molecule has 0 aliphatic carbocycles. The minimum atomic E-state index is -5.39. The van der Waals surface area contributed by atoms with E-state index in [1.807, 2.05) is 48.5 Å². The standard InChI is InChI=1S/C29H34F3N7O4S/c1-37-19-20(16-34-37)28-18-33-26-8-7-21(14-27(26)36-28)39(23-12-24(42-2)15-25(13-23)43-3)11-5-10-38-9-4-6-22(38)17-35-44(40,41)29(30,31)32/h7-8,12-16,18-19,22,35H,4-6,9-11,17H2,1-3H3/t22-/m0/s1. The number of anilines is 2. The first-order valence-electron chi connectivity index (χ1n) is 14.0. The van der Waals surface area contributed by atoms with Gasteiger partial charge in [0.15, 0.2) is 0 Å². The summed E-state index contributed by atoms with van der Waals surface area (Å²) in [5.74, 6) is 1.22. The van der Waals surface area contributed by atoms with Crippen LogP contribution in [-0.4, -0.2) is 85.0 Å². The van der Waals surface area contributed by atoms with Crippen LogP contribution in [0.25, 0.3) is 22.3 Å². The summed E-state index contributed by atoms with van der Waals surface area (Å²) in [5.41, 5.74) is -0.712. The van der Waals surface area contributed by atoms with E-state index in [4.69, 9.17) is 14.5 Å². The fraction of sp³-hybridized carbons (Fsp3) is 0.414. The Morgan fingerprint density at radius 2 is 1.80 bits per heavy atom. The fourth-order valence-corrected chi connectivity index (χ4v) is 5.93. The van der Waals surface area contributed by atoms with Crippen molar-refractivity contribution in [2.75, 3.05) is 45.3 Å². The Labute approximate surface area is 253 Å². The zero-order valence-electron chi connectivity index (χ0n) is 24.6. The summed E-state index contributed by atoms with van der Waals surface area (Å²) in [6.07, 6.45) is 7.34. The number of likely N-dealkylation sites (tertiary alicyclic amines) is 1. The number of methoxy groups -OCH3 is 2. The summed E-state index contributed by atoms with van der Waals surface area (Å²) in [6, 6.07) is 11.1. The number of rotatable bonds is 12. The third kappa shape index (κ3) is 7.05. The van der Waals surface area contributed by atoms with E-state index in [0.717, 1.165) is 28.9 Å². The molecule has 3 heterocycles. The molecule has 2 aromatic heterocycles. The van der Waals surface area contributed by atoms with Gasteiger partial charge in [-0.25, -0.2) is 18.1 Å². The van der Waals surface area contributed by atoms with Crippen LogP contribution in [0.5, 0.6) is 11.5 Å². The number of alkyl halides is 3. The maximum atomic E-state index is 12.8. The number of sulfonamides is 1. The first kappa shape index (κ1) is 31.5. The molecule has 0 saturated carbocycles. The molecule has 4 aromatic rings. The average Bonchev–Trinajstić information content (AvgIpc) is 3.65. The number of hydrogen-bond acceptors (Lipinski definition) is 9. The number of halogens is 3. The normalized spacial score (nSPS) is 16.0. The van der Waals surface area contributed by atoms with Crippen molar-refractivity contribution in [3.8, 4) is 22.8 Å². The summed E-state index contributed by atoms with van der Waals surface area (Å²) in [5, 5.41) is 4.23. The van der Waals surface area contributed by atoms with Crippen LogP contribution < -0.4 is 19.1 Å². The molecule has 1 N–H and O–H groups in total. The van der Waals surface area contributed by atoms with Crippen LogP contribution >= 0.6 is 0 Å². The van der Waals surface area contributed by atoms with Crippen molar-refractivity contribution in [3.63, 3.8) is 0 Å². The molecule has 11 nitrogen and oxygen atoms in total. The van der Waals surface area contributed by atoms with Crippen LogP contribution in [0.4, 0.5) is 24.5 Å². The van der Waals surface area contributed by atoms with Crippen LogP contribution in [0.3, 0.4) is 0 Å². The Kier molecular flexibility index (Phi) is 9.27. The molecule has 5 rings (SSSR count). The molecule has 0 unspecified atom stereocenters. The van der Waals surface area contributed by atoms with Gasteiger partial charge in [-0.3, -0.25) is 14.6 Å². The van der Waals surface area contributed by atoms with Crippen LogP contribution in [0, 0.1) is 0 Å². The van der Waals surface area contributed by atoms with E-state index in [1.165, 1.54) is 0 Å². The van der Waals surface area contributed by atoms with Crippen molar-refractivity contribution in [3.05, 3.63) is 55.0 Å². The molecule has 0 bridgehead atoms. The first-order valence-corrected chi connectivity index (χ1v) is 15.5. The van der Waals surface area contributed by atoms with Gasteiger partial charge >= 0.3 is 15.5 Å². The van der Waals surface area contributed by atoms with Gasteiger partial charge in [0.25, 0.3) is 0 Å². The van der Waals surface area contributed by atoms with Crippen molar-refractivity contribution in [1.29, 1.82) is 0 Å². The van der Waals surface area contributed by atoms with Gasteiger partial charge in [-0.2, -0.15) is 18.3 Å². The number of nitrogens with one attached hydrogen (secondary N) is 1. The molecular weight excluding hydrogens is 599 g/mol. The smallest absolute Gasteiger partial charge is 0.497 e. The summed E-state index contributed by atoms with van der Waals surface area (Å²) in [4.78, 5) is 13.6. The second-order valence-corrected chi connectivity index (χ2v) is 12.3. The van der Waals surface area contributed by atoms with Gasteiger partial charge in [0, 0.05) is 74.1 Å². The van der Waals surface area contributed by atoms with E-state index in [-0.39, 0.29) is 12.6 Å². The highest BCUT2D eigenvalue weighted by Crippen LogP contribution is 2.34. The minimum absolute atomic E-state index is 0.290. The molecule has 1 aliphatic rings. The molecule has 0 radical (unpaired) electrons. The Morgan fingerprint density at radius 1 is 1.05 bits per heavy atom. The highest BCUT2D eigenvalue weighted by Gasteiger charge is 2.46. The molecule has 0 spiro atoms. The molecule has 2 aromatic carbocycles. The van der Waals surface area contributed by atoms with Crippen molar-refractivity contribution in [2.45, 2.75) is 30.8 Å². The van der Waals surface area contributed by atoms with E-state index in [0.29, 0.717) is 55.2 Å². The molecule has 1 aliphatic heterocycles. The third-order valence-electron chi connectivity index (χ3n) is 7.63. The number of aryl methyl sites for hydroxylation is 1. The maximum absolute atomic E-state index is 12.8. The Bertz CT molecular complexity index is 1690. The number of benzene rings is 2. The number of fused-ring (bicyclic) bond motifs is 1. The lowest BCUT2D eigenvalue weighted by Gasteiger charge is -2.29. The van der Waals surface area contributed by atoms with Gasteiger partial charge < -0.3 is 14.4 Å². The van der Waals surface area contributed by atoms with E-state index in [9.17, 15) is 21.6 Å². The molecule has 1 saturated heterocycles. The van der Waals surface area contributed by atoms with E-state index in [1.54, 1.807) is 42.1 Å². The number of nitrogens with zero attached hydrogens (tertiary/aromatic N) is 6. The predicted octanol–water partition coefficient (Wildman–Crippen LogP) is 4.48. The average molecular weight is 634 g/mol. The first-order chi connectivity index (χ1) is 21.0. The lowest BCUT2D eigenvalue weighted by molar-refractivity contribution is -0.0448. The van der Waals surface area contributed by atoms with Gasteiger partial charge in [0.05, 0.1) is 43.3 Å². The number of aromatic nitrogens is 4. The highest BCUT2D eigenvalue weighted by atomic mass is 32.2. The Morgan fingerprint density at radius 3 is 2.45 bits per heavy atom. The Balaban J connectivity index is 1.39. The fourth-order valence-electron chi connectivity index (χ4n) is 5.36. The summed E-state index contributed by atoms with van der Waals surface area (Å²) < 4.78 is 76.0. The molecule has 236 valence electrons. The summed E-state index contributed by atoms with van der Waals surface area (Å²) in [7, 11) is -0.398. The molecule has 1 fully saturated rings. The van der Waals surface area contributed by atoms with Crippen LogP contribution in [-0.2, 0) is 17.1 Å². The molecule has 1 atom stereocenters. The van der Waals surface area contributed by atoms with Gasteiger partial charge in [-0.15, -0.1) is 0 Å². The zero-order valence-corrected chi connectivity index (χ0v) is 25.4. The molecular formula is C29H34F3N7O4S. The predicted molar refractivity (Wildman–Crippen MR) is 160 cm³/mol. The van der Waals surface area contributed by atoms with Gasteiger partial charge in [-0.1, -0.05) is 0 Å². The topological polar surface area (TPSA) is 115 Å². The minimum Gasteiger partial charge on any atom is -0.497 e. The second kappa shape index (κ2) is 13.0. The van der Waals surface area contributed by atoms with Gasteiger partial charge in [-0.05, 0) is 44.0 Å². The van der Waals surface area contributed by atoms with Crippen molar-refractivity contribution in [1.82, 2.24) is 29.4 Å². The Hall–Kier alpha value is -3.95. The molecule has 15 heteroatoms. The SMILES string of the molecule is COc1cc(OC)cc(N(CCCN2CCC[C@H]2CNS(=O)(=O)C(F)(F)F)c2ccc3ncc(-c4cnn(C)c4)nc3c2)c1. The van der Waals surface area contributed by atoms with E-state index >= 15 is 0 Å². The summed E-state index contributed by atoms with van der Waals surface area (Å²) >= 11 is 0. The molecule has 44 heavy (non-hydrogen) atoms. The van der Waals surface area contributed by atoms with Crippen molar-refractivity contribution >= 4 is 32.4 Å². The summed E-state index contributed by atoms with van der Waals surface area (Å²) in [6.45, 7) is 1.49.